The number of rotatable bonds is 3. The summed E-state index contributed by atoms with van der Waals surface area (Å²) < 4.78 is 4.77. The first-order valence-electron chi connectivity index (χ1n) is 5.06. The zero-order valence-electron chi connectivity index (χ0n) is 9.60. The van der Waals surface area contributed by atoms with Crippen LogP contribution in [0, 0.1) is 0 Å². The van der Waals surface area contributed by atoms with E-state index in [2.05, 4.69) is 12.1 Å². The monoisotopic (exact) mass is 264 g/mol. The van der Waals surface area contributed by atoms with E-state index >= 15 is 0 Å². The van der Waals surface area contributed by atoms with Gasteiger partial charge in [0.25, 0.3) is 0 Å². The van der Waals surface area contributed by atoms with E-state index < -0.39 is 0 Å². The van der Waals surface area contributed by atoms with Crippen LogP contribution in [0.15, 0.2) is 40.6 Å². The minimum absolute atomic E-state index is 0.274. The summed E-state index contributed by atoms with van der Waals surface area (Å²) in [7, 11) is 1.41. The highest BCUT2D eigenvalue weighted by atomic mass is 32.2. The maximum absolute atomic E-state index is 11.6. The molecule has 2 nitrogen and oxygen atoms in total. The van der Waals surface area contributed by atoms with E-state index in [9.17, 15) is 4.79 Å². The molecule has 0 aliphatic rings. The molecule has 88 valence electrons. The molecule has 2 aromatic rings. The van der Waals surface area contributed by atoms with Gasteiger partial charge in [-0.15, -0.1) is 23.1 Å². The maximum atomic E-state index is 11.6. The maximum Gasteiger partial charge on any atom is 0.348 e. The average molecular weight is 264 g/mol. The third-order valence-corrected chi connectivity index (χ3v) is 4.08. The summed E-state index contributed by atoms with van der Waals surface area (Å²) in [6, 6.07) is 10.1. The molecule has 0 radical (unpaired) electrons. The van der Waals surface area contributed by atoms with Gasteiger partial charge in [-0.2, -0.15) is 0 Å². The van der Waals surface area contributed by atoms with Crippen molar-refractivity contribution in [2.75, 3.05) is 13.4 Å². The first-order valence-corrected chi connectivity index (χ1v) is 7.17. The van der Waals surface area contributed by atoms with E-state index in [4.69, 9.17) is 4.74 Å². The Bertz CT molecular complexity index is 514. The van der Waals surface area contributed by atoms with Crippen LogP contribution < -0.4 is 0 Å². The number of esters is 1. The summed E-state index contributed by atoms with van der Waals surface area (Å²) in [6.45, 7) is 0. The Balaban J connectivity index is 2.39. The minimum Gasteiger partial charge on any atom is -0.465 e. The van der Waals surface area contributed by atoms with Gasteiger partial charge in [0.1, 0.15) is 4.88 Å². The van der Waals surface area contributed by atoms with Crippen LogP contribution in [0.3, 0.4) is 0 Å². The highest BCUT2D eigenvalue weighted by Crippen LogP contribution is 2.30. The van der Waals surface area contributed by atoms with E-state index in [1.54, 1.807) is 11.8 Å². The lowest BCUT2D eigenvalue weighted by Crippen LogP contribution is -1.99. The molecule has 0 fully saturated rings. The molecule has 1 heterocycles. The first kappa shape index (κ1) is 12.2. The molecule has 0 N–H and O–H groups in total. The summed E-state index contributed by atoms with van der Waals surface area (Å²) in [6.07, 6.45) is 2.04. The molecule has 0 atom stereocenters. The van der Waals surface area contributed by atoms with Crippen molar-refractivity contribution in [3.8, 4) is 11.1 Å². The van der Waals surface area contributed by atoms with Crippen molar-refractivity contribution in [2.45, 2.75) is 4.90 Å². The standard InChI is InChI=1S/C13H12O2S2/c1-15-13(14)12-11(7-8-17-12)9-3-5-10(16-2)6-4-9/h3-8H,1-2H3. The summed E-state index contributed by atoms with van der Waals surface area (Å²) in [5, 5.41) is 1.91. The van der Waals surface area contributed by atoms with Gasteiger partial charge in [0.15, 0.2) is 0 Å². The molecule has 0 aliphatic carbocycles. The molecule has 2 rings (SSSR count). The van der Waals surface area contributed by atoms with Crippen LogP contribution >= 0.6 is 23.1 Å². The number of carbonyl (C=O) groups excluding carboxylic acids is 1. The lowest BCUT2D eigenvalue weighted by Gasteiger charge is -2.03. The van der Waals surface area contributed by atoms with Gasteiger partial charge in [-0.05, 0) is 35.4 Å². The number of carbonyl (C=O) groups is 1. The van der Waals surface area contributed by atoms with Gasteiger partial charge in [0.05, 0.1) is 7.11 Å². The fourth-order valence-corrected chi connectivity index (χ4v) is 2.80. The largest absolute Gasteiger partial charge is 0.465 e. The lowest BCUT2D eigenvalue weighted by atomic mass is 10.1. The molecule has 4 heteroatoms. The van der Waals surface area contributed by atoms with Crippen LogP contribution in [-0.2, 0) is 4.74 Å². The van der Waals surface area contributed by atoms with Gasteiger partial charge >= 0.3 is 5.97 Å². The SMILES string of the molecule is COC(=O)c1sccc1-c1ccc(SC)cc1. The summed E-state index contributed by atoms with van der Waals surface area (Å²) in [4.78, 5) is 13.4. The molecular formula is C13H12O2S2. The van der Waals surface area contributed by atoms with Crippen molar-refractivity contribution < 1.29 is 9.53 Å². The van der Waals surface area contributed by atoms with Gasteiger partial charge in [0.2, 0.25) is 0 Å². The molecule has 0 saturated carbocycles. The topological polar surface area (TPSA) is 26.3 Å². The van der Waals surface area contributed by atoms with E-state index in [1.165, 1.54) is 23.3 Å². The minimum atomic E-state index is -0.274. The van der Waals surface area contributed by atoms with Crippen molar-refractivity contribution in [3.05, 3.63) is 40.6 Å². The Kier molecular flexibility index (Phi) is 3.86. The highest BCUT2D eigenvalue weighted by molar-refractivity contribution is 7.98. The number of hydrogen-bond acceptors (Lipinski definition) is 4. The van der Waals surface area contributed by atoms with Gasteiger partial charge in [0, 0.05) is 10.5 Å². The third kappa shape index (κ3) is 2.53. The van der Waals surface area contributed by atoms with Crippen LogP contribution in [0.5, 0.6) is 0 Å². The lowest BCUT2D eigenvalue weighted by molar-refractivity contribution is 0.0607. The second kappa shape index (κ2) is 5.38. The van der Waals surface area contributed by atoms with Crippen molar-refractivity contribution in [1.29, 1.82) is 0 Å². The number of benzene rings is 1. The summed E-state index contributed by atoms with van der Waals surface area (Å²) in [5.41, 5.74) is 1.99. The fraction of sp³-hybridized carbons (Fsp3) is 0.154. The van der Waals surface area contributed by atoms with E-state index in [0.29, 0.717) is 4.88 Å². The number of ether oxygens (including phenoxy) is 1. The smallest absolute Gasteiger partial charge is 0.348 e. The highest BCUT2D eigenvalue weighted by Gasteiger charge is 2.14. The van der Waals surface area contributed by atoms with Gasteiger partial charge < -0.3 is 4.74 Å². The van der Waals surface area contributed by atoms with Crippen molar-refractivity contribution in [1.82, 2.24) is 0 Å². The Morgan fingerprint density at radius 3 is 2.53 bits per heavy atom. The molecule has 0 bridgehead atoms. The van der Waals surface area contributed by atoms with Crippen LogP contribution in [0.2, 0.25) is 0 Å². The Morgan fingerprint density at radius 1 is 1.24 bits per heavy atom. The normalized spacial score (nSPS) is 10.2. The predicted molar refractivity (Wildman–Crippen MR) is 72.9 cm³/mol. The quantitative estimate of drug-likeness (QED) is 0.621. The molecule has 1 aromatic carbocycles. The van der Waals surface area contributed by atoms with Crippen molar-refractivity contribution in [3.63, 3.8) is 0 Å². The number of thioether (sulfide) groups is 1. The molecule has 0 spiro atoms. The molecule has 0 unspecified atom stereocenters. The van der Waals surface area contributed by atoms with Gasteiger partial charge in [-0.3, -0.25) is 0 Å². The number of hydrogen-bond donors (Lipinski definition) is 0. The molecule has 17 heavy (non-hydrogen) atoms. The Hall–Kier alpha value is -1.26. The predicted octanol–water partition coefficient (Wildman–Crippen LogP) is 3.92. The van der Waals surface area contributed by atoms with Crippen LogP contribution in [0.1, 0.15) is 9.67 Å². The van der Waals surface area contributed by atoms with Crippen molar-refractivity contribution >= 4 is 29.1 Å². The van der Waals surface area contributed by atoms with E-state index in [0.717, 1.165) is 11.1 Å². The van der Waals surface area contributed by atoms with E-state index in [-0.39, 0.29) is 5.97 Å². The van der Waals surface area contributed by atoms with Crippen LogP contribution in [0.25, 0.3) is 11.1 Å². The second-order valence-corrected chi connectivity index (χ2v) is 5.18. The average Bonchev–Trinajstić information content (AvgIpc) is 2.87. The first-order chi connectivity index (χ1) is 8.26. The van der Waals surface area contributed by atoms with Crippen LogP contribution in [0.4, 0.5) is 0 Å². The van der Waals surface area contributed by atoms with E-state index in [1.807, 2.05) is 29.8 Å². The molecule has 0 aliphatic heterocycles. The molecule has 1 aromatic heterocycles. The zero-order valence-corrected chi connectivity index (χ0v) is 11.2. The molecular weight excluding hydrogens is 252 g/mol. The fourth-order valence-electron chi connectivity index (χ4n) is 1.56. The van der Waals surface area contributed by atoms with Gasteiger partial charge in [-0.1, -0.05) is 12.1 Å². The van der Waals surface area contributed by atoms with Crippen molar-refractivity contribution in [2.24, 2.45) is 0 Å². The zero-order chi connectivity index (χ0) is 12.3. The third-order valence-electron chi connectivity index (χ3n) is 2.44. The summed E-state index contributed by atoms with van der Waals surface area (Å²) >= 11 is 3.11. The summed E-state index contributed by atoms with van der Waals surface area (Å²) in [5.74, 6) is -0.274. The Morgan fingerprint density at radius 2 is 1.94 bits per heavy atom. The van der Waals surface area contributed by atoms with Gasteiger partial charge in [-0.25, -0.2) is 4.79 Å². The second-order valence-electron chi connectivity index (χ2n) is 3.38. The number of thiophene rings is 1. The molecule has 0 saturated heterocycles. The van der Waals surface area contributed by atoms with Crippen LogP contribution in [-0.4, -0.2) is 19.3 Å². The molecule has 0 amide bonds. The Labute approximate surface area is 109 Å². The number of methoxy groups -OCH3 is 1.